The van der Waals surface area contributed by atoms with Gasteiger partial charge in [-0.15, -0.1) is 0 Å². The number of rotatable bonds is 3. The lowest BCUT2D eigenvalue weighted by Crippen LogP contribution is -2.44. The molecule has 4 nitrogen and oxygen atoms in total. The number of pyridine rings is 1. The van der Waals surface area contributed by atoms with Gasteiger partial charge in [-0.3, -0.25) is 4.90 Å². The van der Waals surface area contributed by atoms with Gasteiger partial charge in [0, 0.05) is 37.9 Å². The average Bonchev–Trinajstić information content (AvgIpc) is 3.34. The summed E-state index contributed by atoms with van der Waals surface area (Å²) in [5, 5.41) is 9.41. The standard InChI is InChI=1S/C18H24N4/c1-13-2-6-16(8-19)18(20-13)22-11-15-5-7-17(12-22)21(10-15)9-14-3-4-14/h2,6,14-15,17H,3-5,7,9-12H2,1H3/t15-,17-/m1/s1. The lowest BCUT2D eigenvalue weighted by Gasteiger charge is -2.36. The minimum atomic E-state index is 0.646. The SMILES string of the molecule is Cc1ccc(C#N)c(N2C[C@@H]3CC[C@H](C2)N(CC2CC2)C3)n1. The van der Waals surface area contributed by atoms with E-state index in [4.69, 9.17) is 0 Å². The van der Waals surface area contributed by atoms with Crippen molar-refractivity contribution in [2.75, 3.05) is 31.1 Å². The quantitative estimate of drug-likeness (QED) is 0.860. The fraction of sp³-hybridized carbons (Fsp3) is 0.667. The van der Waals surface area contributed by atoms with E-state index in [0.29, 0.717) is 6.04 Å². The van der Waals surface area contributed by atoms with Crippen LogP contribution in [0.1, 0.15) is 36.9 Å². The topological polar surface area (TPSA) is 43.2 Å². The number of aromatic nitrogens is 1. The van der Waals surface area contributed by atoms with E-state index in [1.807, 2.05) is 19.1 Å². The Bertz CT molecular complexity index is 602. The summed E-state index contributed by atoms with van der Waals surface area (Å²) in [7, 11) is 0. The lowest BCUT2D eigenvalue weighted by atomic mass is 9.95. The van der Waals surface area contributed by atoms with Crippen LogP contribution in [0.25, 0.3) is 0 Å². The number of anilines is 1. The van der Waals surface area contributed by atoms with Crippen LogP contribution < -0.4 is 4.90 Å². The van der Waals surface area contributed by atoms with Crippen LogP contribution in [0.2, 0.25) is 0 Å². The molecule has 4 fully saturated rings. The molecule has 3 saturated heterocycles. The lowest BCUT2D eigenvalue weighted by molar-refractivity contribution is 0.128. The molecule has 4 heteroatoms. The Balaban J connectivity index is 1.59. The normalized spacial score (nSPS) is 28.5. The Hall–Kier alpha value is -1.60. The van der Waals surface area contributed by atoms with Crippen molar-refractivity contribution in [3.05, 3.63) is 23.4 Å². The van der Waals surface area contributed by atoms with E-state index >= 15 is 0 Å². The number of piperidine rings is 1. The monoisotopic (exact) mass is 296 g/mol. The second kappa shape index (κ2) is 5.55. The van der Waals surface area contributed by atoms with Gasteiger partial charge in [0.25, 0.3) is 0 Å². The molecular formula is C18H24N4. The molecule has 0 unspecified atom stereocenters. The molecule has 0 aromatic carbocycles. The van der Waals surface area contributed by atoms with Crippen LogP contribution in [0, 0.1) is 30.1 Å². The maximum atomic E-state index is 9.41. The summed E-state index contributed by atoms with van der Waals surface area (Å²) >= 11 is 0. The molecule has 4 heterocycles. The van der Waals surface area contributed by atoms with Crippen LogP contribution in [0.3, 0.4) is 0 Å². The molecule has 22 heavy (non-hydrogen) atoms. The van der Waals surface area contributed by atoms with Crippen LogP contribution in [0.15, 0.2) is 12.1 Å². The van der Waals surface area contributed by atoms with E-state index in [1.54, 1.807) is 0 Å². The molecule has 1 saturated carbocycles. The summed E-state index contributed by atoms with van der Waals surface area (Å²) in [5.74, 6) is 2.60. The first-order valence-corrected chi connectivity index (χ1v) is 8.59. The number of hydrogen-bond acceptors (Lipinski definition) is 4. The predicted octanol–water partition coefficient (Wildman–Crippen LogP) is 2.57. The van der Waals surface area contributed by atoms with E-state index in [-0.39, 0.29) is 0 Å². The minimum Gasteiger partial charge on any atom is -0.354 e. The van der Waals surface area contributed by atoms with Gasteiger partial charge in [-0.2, -0.15) is 5.26 Å². The maximum absolute atomic E-state index is 9.41. The Morgan fingerprint density at radius 1 is 1.18 bits per heavy atom. The molecule has 1 aliphatic carbocycles. The first kappa shape index (κ1) is 14.0. The van der Waals surface area contributed by atoms with Gasteiger partial charge in [0.1, 0.15) is 11.9 Å². The third kappa shape index (κ3) is 2.70. The summed E-state index contributed by atoms with van der Waals surface area (Å²) in [4.78, 5) is 9.81. The van der Waals surface area contributed by atoms with Crippen LogP contribution in [0.4, 0.5) is 5.82 Å². The number of nitriles is 1. The molecule has 0 spiro atoms. The average molecular weight is 296 g/mol. The van der Waals surface area contributed by atoms with Crippen molar-refractivity contribution in [1.29, 1.82) is 5.26 Å². The van der Waals surface area contributed by atoms with E-state index in [9.17, 15) is 5.26 Å². The first-order valence-electron chi connectivity index (χ1n) is 8.59. The second-order valence-electron chi connectivity index (χ2n) is 7.34. The number of fused-ring (bicyclic) bond motifs is 4. The van der Waals surface area contributed by atoms with Crippen molar-refractivity contribution in [1.82, 2.24) is 9.88 Å². The summed E-state index contributed by atoms with van der Waals surface area (Å²) in [6.45, 7) is 6.64. The highest BCUT2D eigenvalue weighted by Crippen LogP contribution is 2.36. The van der Waals surface area contributed by atoms with Crippen molar-refractivity contribution >= 4 is 5.82 Å². The molecule has 3 aliphatic heterocycles. The predicted molar refractivity (Wildman–Crippen MR) is 86.7 cm³/mol. The van der Waals surface area contributed by atoms with Crippen molar-refractivity contribution in [3.63, 3.8) is 0 Å². The minimum absolute atomic E-state index is 0.646. The second-order valence-corrected chi connectivity index (χ2v) is 7.34. The zero-order chi connectivity index (χ0) is 15.1. The van der Waals surface area contributed by atoms with Gasteiger partial charge in [0.15, 0.2) is 0 Å². The summed E-state index contributed by atoms with van der Waals surface area (Å²) in [5.41, 5.74) is 1.72. The zero-order valence-corrected chi connectivity index (χ0v) is 13.3. The van der Waals surface area contributed by atoms with Crippen LogP contribution in [0.5, 0.6) is 0 Å². The van der Waals surface area contributed by atoms with Crippen molar-refractivity contribution < 1.29 is 0 Å². The fourth-order valence-electron chi connectivity index (χ4n) is 4.08. The van der Waals surface area contributed by atoms with E-state index in [0.717, 1.165) is 42.0 Å². The van der Waals surface area contributed by atoms with Gasteiger partial charge in [-0.05, 0) is 56.6 Å². The van der Waals surface area contributed by atoms with E-state index in [1.165, 1.54) is 38.8 Å². The van der Waals surface area contributed by atoms with Gasteiger partial charge in [-0.25, -0.2) is 4.98 Å². The Morgan fingerprint density at radius 2 is 2.05 bits per heavy atom. The van der Waals surface area contributed by atoms with Gasteiger partial charge in [0.05, 0.1) is 5.56 Å². The molecule has 116 valence electrons. The summed E-state index contributed by atoms with van der Waals surface area (Å²) in [6, 6.07) is 6.83. The molecule has 1 aromatic heterocycles. The molecule has 0 N–H and O–H groups in total. The highest BCUT2D eigenvalue weighted by molar-refractivity contribution is 5.54. The number of hydrogen-bond donors (Lipinski definition) is 0. The Morgan fingerprint density at radius 3 is 2.82 bits per heavy atom. The molecule has 1 aromatic rings. The maximum Gasteiger partial charge on any atom is 0.146 e. The third-order valence-electron chi connectivity index (χ3n) is 5.45. The van der Waals surface area contributed by atoms with Crippen LogP contribution in [-0.2, 0) is 0 Å². The van der Waals surface area contributed by atoms with Crippen LogP contribution in [-0.4, -0.2) is 42.1 Å². The molecule has 0 radical (unpaired) electrons. The molecule has 4 aliphatic rings. The number of nitrogens with zero attached hydrogens (tertiary/aromatic N) is 4. The van der Waals surface area contributed by atoms with Gasteiger partial charge >= 0.3 is 0 Å². The van der Waals surface area contributed by atoms with E-state index < -0.39 is 0 Å². The highest BCUT2D eigenvalue weighted by atomic mass is 15.3. The van der Waals surface area contributed by atoms with Crippen molar-refractivity contribution in [2.45, 2.75) is 38.6 Å². The first-order chi connectivity index (χ1) is 10.7. The fourth-order valence-corrected chi connectivity index (χ4v) is 4.08. The largest absolute Gasteiger partial charge is 0.354 e. The van der Waals surface area contributed by atoms with Crippen molar-refractivity contribution in [2.24, 2.45) is 11.8 Å². The molecule has 0 amide bonds. The van der Waals surface area contributed by atoms with Crippen molar-refractivity contribution in [3.8, 4) is 6.07 Å². The molecular weight excluding hydrogens is 272 g/mol. The third-order valence-corrected chi connectivity index (χ3v) is 5.45. The molecule has 2 bridgehead atoms. The summed E-state index contributed by atoms with van der Waals surface area (Å²) < 4.78 is 0. The zero-order valence-electron chi connectivity index (χ0n) is 13.3. The van der Waals surface area contributed by atoms with Crippen LogP contribution >= 0.6 is 0 Å². The number of aryl methyl sites for hydroxylation is 1. The van der Waals surface area contributed by atoms with Gasteiger partial charge in [-0.1, -0.05) is 0 Å². The smallest absolute Gasteiger partial charge is 0.146 e. The van der Waals surface area contributed by atoms with Gasteiger partial charge in [0.2, 0.25) is 0 Å². The molecule has 2 atom stereocenters. The highest BCUT2D eigenvalue weighted by Gasteiger charge is 2.38. The summed E-state index contributed by atoms with van der Waals surface area (Å²) in [6.07, 6.45) is 5.49. The van der Waals surface area contributed by atoms with E-state index in [2.05, 4.69) is 20.9 Å². The van der Waals surface area contributed by atoms with Gasteiger partial charge < -0.3 is 4.90 Å². The Labute approximate surface area is 132 Å². The molecule has 5 rings (SSSR count). The Kier molecular flexibility index (Phi) is 3.54.